The van der Waals surface area contributed by atoms with Gasteiger partial charge < -0.3 is 24.1 Å². The van der Waals surface area contributed by atoms with Crippen molar-refractivity contribution in [3.63, 3.8) is 0 Å². The van der Waals surface area contributed by atoms with Crippen LogP contribution in [0.1, 0.15) is 35.4 Å². The lowest BCUT2D eigenvalue weighted by molar-refractivity contribution is -0.126. The highest BCUT2D eigenvalue weighted by molar-refractivity contribution is 5.95. The van der Waals surface area contributed by atoms with Crippen molar-refractivity contribution in [2.24, 2.45) is 0 Å². The van der Waals surface area contributed by atoms with Crippen LogP contribution in [0.5, 0.6) is 11.5 Å². The molecular formula is C20H22F2N2O5. The lowest BCUT2D eigenvalue weighted by Gasteiger charge is -2.34. The Labute approximate surface area is 166 Å². The molecule has 1 saturated heterocycles. The monoisotopic (exact) mass is 408 g/mol. The molecule has 1 N–H and O–H groups in total. The smallest absolute Gasteiger partial charge is 0.387 e. The fourth-order valence-corrected chi connectivity index (χ4v) is 3.31. The van der Waals surface area contributed by atoms with E-state index in [2.05, 4.69) is 10.1 Å². The molecule has 1 unspecified atom stereocenters. The van der Waals surface area contributed by atoms with Crippen LogP contribution in [-0.4, -0.2) is 43.0 Å². The molecule has 1 atom stereocenters. The van der Waals surface area contributed by atoms with Crippen LogP contribution in [0.3, 0.4) is 0 Å². The number of halogens is 2. The summed E-state index contributed by atoms with van der Waals surface area (Å²) in [4.78, 5) is 26.9. The first kappa shape index (κ1) is 20.6. The van der Waals surface area contributed by atoms with Gasteiger partial charge in [-0.3, -0.25) is 9.59 Å². The van der Waals surface area contributed by atoms with Crippen molar-refractivity contribution >= 4 is 11.8 Å². The molecule has 0 saturated carbocycles. The fourth-order valence-electron chi connectivity index (χ4n) is 3.31. The number of furan rings is 1. The SMILES string of the molecule is COc1cc(CNC(=O)C2CCCCN2C(=O)c2ccco2)ccc1OC(F)F. The zero-order chi connectivity index (χ0) is 20.8. The van der Waals surface area contributed by atoms with Crippen molar-refractivity contribution in [2.75, 3.05) is 13.7 Å². The summed E-state index contributed by atoms with van der Waals surface area (Å²) in [5, 5.41) is 2.80. The van der Waals surface area contributed by atoms with E-state index in [0.717, 1.165) is 12.8 Å². The first-order valence-electron chi connectivity index (χ1n) is 9.23. The van der Waals surface area contributed by atoms with Crippen molar-refractivity contribution in [1.29, 1.82) is 0 Å². The normalized spacial score (nSPS) is 16.6. The Morgan fingerprint density at radius 2 is 2.10 bits per heavy atom. The van der Waals surface area contributed by atoms with Crippen LogP contribution in [0.25, 0.3) is 0 Å². The summed E-state index contributed by atoms with van der Waals surface area (Å²) in [7, 11) is 1.34. The number of nitrogens with one attached hydrogen (secondary N) is 1. The molecular weight excluding hydrogens is 386 g/mol. The highest BCUT2D eigenvalue weighted by atomic mass is 19.3. The van der Waals surface area contributed by atoms with Crippen LogP contribution in [0, 0.1) is 0 Å². The average Bonchev–Trinajstić information content (AvgIpc) is 3.26. The minimum Gasteiger partial charge on any atom is -0.493 e. The number of rotatable bonds is 7. The molecule has 9 heteroatoms. The Morgan fingerprint density at radius 1 is 1.28 bits per heavy atom. The van der Waals surface area contributed by atoms with Crippen LogP contribution in [0.4, 0.5) is 8.78 Å². The molecule has 156 valence electrons. The van der Waals surface area contributed by atoms with Crippen LogP contribution in [0.2, 0.25) is 0 Å². The second kappa shape index (κ2) is 9.40. The Hall–Kier alpha value is -3.10. The Morgan fingerprint density at radius 3 is 2.79 bits per heavy atom. The van der Waals surface area contributed by atoms with E-state index in [4.69, 9.17) is 9.15 Å². The van der Waals surface area contributed by atoms with Gasteiger partial charge in [0.25, 0.3) is 5.91 Å². The maximum atomic E-state index is 12.7. The van der Waals surface area contributed by atoms with Crippen molar-refractivity contribution in [3.05, 3.63) is 47.9 Å². The van der Waals surface area contributed by atoms with Crippen molar-refractivity contribution in [2.45, 2.75) is 38.5 Å². The number of carbonyl (C=O) groups is 2. The van der Waals surface area contributed by atoms with Gasteiger partial charge in [0.05, 0.1) is 13.4 Å². The summed E-state index contributed by atoms with van der Waals surface area (Å²) in [6.45, 7) is -2.33. The zero-order valence-electron chi connectivity index (χ0n) is 15.9. The quantitative estimate of drug-likeness (QED) is 0.761. The second-order valence-electron chi connectivity index (χ2n) is 6.57. The summed E-state index contributed by atoms with van der Waals surface area (Å²) in [6.07, 6.45) is 3.64. The molecule has 1 aromatic carbocycles. The summed E-state index contributed by atoms with van der Waals surface area (Å²) in [6, 6.07) is 7.05. The predicted octanol–water partition coefficient (Wildman–Crippen LogP) is 3.20. The molecule has 1 aromatic heterocycles. The van der Waals surface area contributed by atoms with E-state index >= 15 is 0 Å². The topological polar surface area (TPSA) is 81.0 Å². The minimum absolute atomic E-state index is 0.0833. The largest absolute Gasteiger partial charge is 0.493 e. The van der Waals surface area contributed by atoms with Gasteiger partial charge in [0.1, 0.15) is 6.04 Å². The molecule has 2 aromatic rings. The third-order valence-corrected chi connectivity index (χ3v) is 4.71. The molecule has 2 amide bonds. The number of methoxy groups -OCH3 is 1. The fraction of sp³-hybridized carbons (Fsp3) is 0.400. The van der Waals surface area contributed by atoms with Gasteiger partial charge in [0.2, 0.25) is 5.91 Å². The first-order chi connectivity index (χ1) is 14.0. The number of alkyl halides is 2. The number of nitrogens with zero attached hydrogens (tertiary/aromatic N) is 1. The van der Waals surface area contributed by atoms with Crippen LogP contribution in [-0.2, 0) is 11.3 Å². The van der Waals surface area contributed by atoms with E-state index in [1.807, 2.05) is 0 Å². The van der Waals surface area contributed by atoms with E-state index in [9.17, 15) is 18.4 Å². The van der Waals surface area contributed by atoms with Crippen LogP contribution < -0.4 is 14.8 Å². The van der Waals surface area contributed by atoms with Gasteiger partial charge in [-0.25, -0.2) is 0 Å². The first-order valence-corrected chi connectivity index (χ1v) is 9.23. The molecule has 0 aliphatic carbocycles. The van der Waals surface area contributed by atoms with Gasteiger partial charge in [-0.05, 0) is 49.1 Å². The maximum Gasteiger partial charge on any atom is 0.387 e. The van der Waals surface area contributed by atoms with Gasteiger partial charge >= 0.3 is 6.61 Å². The van der Waals surface area contributed by atoms with Crippen LogP contribution >= 0.6 is 0 Å². The van der Waals surface area contributed by atoms with Gasteiger partial charge in [-0.2, -0.15) is 8.78 Å². The average molecular weight is 408 g/mol. The number of hydrogen-bond acceptors (Lipinski definition) is 5. The number of carbonyl (C=O) groups excluding carboxylic acids is 2. The van der Waals surface area contributed by atoms with Gasteiger partial charge in [0, 0.05) is 13.1 Å². The number of hydrogen-bond donors (Lipinski definition) is 1. The number of likely N-dealkylation sites (tertiary alicyclic amines) is 1. The Balaban J connectivity index is 1.65. The summed E-state index contributed by atoms with van der Waals surface area (Å²) >= 11 is 0. The standard InChI is InChI=1S/C20H22F2N2O5/c1-27-17-11-13(7-8-15(17)29-20(21)22)12-23-18(25)14-5-2-3-9-24(14)19(26)16-6-4-10-28-16/h4,6-8,10-11,14,20H,2-3,5,9,12H2,1H3,(H,23,25). The van der Waals surface area contributed by atoms with Crippen molar-refractivity contribution < 1.29 is 32.3 Å². The Kier molecular flexibility index (Phi) is 6.69. The molecule has 7 nitrogen and oxygen atoms in total. The van der Waals surface area contributed by atoms with E-state index in [1.54, 1.807) is 18.2 Å². The number of benzene rings is 1. The van der Waals surface area contributed by atoms with Crippen molar-refractivity contribution in [3.8, 4) is 11.5 Å². The highest BCUT2D eigenvalue weighted by Crippen LogP contribution is 2.29. The minimum atomic E-state index is -2.96. The molecule has 1 fully saturated rings. The number of amides is 2. The van der Waals surface area contributed by atoms with Gasteiger partial charge in [0.15, 0.2) is 17.3 Å². The van der Waals surface area contributed by atoms with E-state index < -0.39 is 12.7 Å². The second-order valence-corrected chi connectivity index (χ2v) is 6.57. The van der Waals surface area contributed by atoms with Gasteiger partial charge in [-0.1, -0.05) is 6.07 Å². The van der Waals surface area contributed by atoms with Gasteiger partial charge in [-0.15, -0.1) is 0 Å². The van der Waals surface area contributed by atoms with E-state index in [1.165, 1.54) is 30.4 Å². The molecule has 2 heterocycles. The predicted molar refractivity (Wildman–Crippen MR) is 98.9 cm³/mol. The molecule has 29 heavy (non-hydrogen) atoms. The van der Waals surface area contributed by atoms with E-state index in [-0.39, 0.29) is 35.6 Å². The Bertz CT molecular complexity index is 841. The van der Waals surface area contributed by atoms with Crippen LogP contribution in [0.15, 0.2) is 41.0 Å². The zero-order valence-corrected chi connectivity index (χ0v) is 15.9. The lowest BCUT2D eigenvalue weighted by atomic mass is 10.0. The molecule has 0 bridgehead atoms. The maximum absolute atomic E-state index is 12.7. The summed E-state index contributed by atoms with van der Waals surface area (Å²) in [5.74, 6) is -0.338. The molecule has 3 rings (SSSR count). The molecule has 0 radical (unpaired) electrons. The summed E-state index contributed by atoms with van der Waals surface area (Å²) in [5.41, 5.74) is 0.650. The highest BCUT2D eigenvalue weighted by Gasteiger charge is 2.33. The third-order valence-electron chi connectivity index (χ3n) is 4.71. The number of ether oxygens (including phenoxy) is 2. The van der Waals surface area contributed by atoms with Crippen molar-refractivity contribution in [1.82, 2.24) is 10.2 Å². The van der Waals surface area contributed by atoms with E-state index in [0.29, 0.717) is 18.5 Å². The summed E-state index contributed by atoms with van der Waals surface area (Å²) < 4.78 is 39.5. The molecule has 0 spiro atoms. The molecule has 1 aliphatic rings. The number of piperidine rings is 1. The molecule has 1 aliphatic heterocycles. The lowest BCUT2D eigenvalue weighted by Crippen LogP contribution is -2.51. The third kappa shape index (κ3) is 5.04.